The molecule has 0 aromatic heterocycles. The summed E-state index contributed by atoms with van der Waals surface area (Å²) in [5.41, 5.74) is 1.26. The first-order chi connectivity index (χ1) is 6.98. The average Bonchev–Trinajstić information content (AvgIpc) is 2.98. The highest BCUT2D eigenvalue weighted by atomic mass is 16.3. The molecule has 15 heavy (non-hydrogen) atoms. The molecular weight excluding hydrogens is 188 g/mol. The lowest BCUT2D eigenvalue weighted by Crippen LogP contribution is -2.22. The minimum atomic E-state index is -0.582. The molecule has 82 valence electrons. The molecule has 2 N–H and O–H groups in total. The van der Waals surface area contributed by atoms with Crippen molar-refractivity contribution in [3.8, 4) is 0 Å². The number of aliphatic hydroxyl groups excluding tert-OH is 1. The summed E-state index contributed by atoms with van der Waals surface area (Å²) in [7, 11) is 0. The fourth-order valence-corrected chi connectivity index (χ4v) is 1.73. The van der Waals surface area contributed by atoms with Crippen LogP contribution in [0.25, 0.3) is 0 Å². The number of hydrogen-bond acceptors (Lipinski definition) is 2. The third kappa shape index (κ3) is 1.92. The van der Waals surface area contributed by atoms with E-state index in [0.29, 0.717) is 0 Å². The number of benzene rings is 1. The Bertz CT molecular complexity index is 365. The van der Waals surface area contributed by atoms with Gasteiger partial charge in [0.05, 0.1) is 12.2 Å². The Kier molecular flexibility index (Phi) is 2.36. The van der Waals surface area contributed by atoms with E-state index in [1.807, 2.05) is 38.1 Å². The second-order valence-corrected chi connectivity index (χ2v) is 5.15. The highest BCUT2D eigenvalue weighted by Gasteiger charge is 2.42. The number of rotatable bonds is 3. The topological polar surface area (TPSA) is 40.5 Å². The maximum absolute atomic E-state index is 10.0. The zero-order valence-corrected chi connectivity index (χ0v) is 9.33. The Morgan fingerprint density at radius 2 is 2.00 bits per heavy atom. The second-order valence-electron chi connectivity index (χ2n) is 5.15. The van der Waals surface area contributed by atoms with Gasteiger partial charge in [0, 0.05) is 5.41 Å². The molecule has 0 bridgehead atoms. The molecule has 0 amide bonds. The van der Waals surface area contributed by atoms with Crippen LogP contribution in [0.4, 0.5) is 0 Å². The number of hydrogen-bond donors (Lipinski definition) is 2. The lowest BCUT2D eigenvalue weighted by molar-refractivity contribution is 0.151. The first-order valence-electron chi connectivity index (χ1n) is 5.42. The van der Waals surface area contributed by atoms with Crippen molar-refractivity contribution in [2.24, 2.45) is 0 Å². The van der Waals surface area contributed by atoms with Crippen LogP contribution in [0.2, 0.25) is 0 Å². The van der Waals surface area contributed by atoms with Crippen LogP contribution in [-0.2, 0) is 11.0 Å². The molecule has 1 aromatic rings. The third-order valence-electron chi connectivity index (χ3n) is 3.30. The molecule has 0 saturated heterocycles. The predicted molar refractivity (Wildman–Crippen MR) is 59.7 cm³/mol. The van der Waals surface area contributed by atoms with Crippen LogP contribution in [-0.4, -0.2) is 16.8 Å². The standard InChI is InChI=1S/C13H18O2/c1-12(2,9-14)10-4-3-5-11(8-10)13(15)6-7-13/h3-5,8,14-15H,6-7,9H2,1-2H3. The number of aliphatic hydroxyl groups is 2. The Balaban J connectivity index is 2.35. The lowest BCUT2D eigenvalue weighted by Gasteiger charge is -2.23. The Labute approximate surface area is 90.6 Å². The molecular formula is C13H18O2. The van der Waals surface area contributed by atoms with Crippen LogP contribution in [0.15, 0.2) is 24.3 Å². The molecule has 2 rings (SSSR count). The van der Waals surface area contributed by atoms with Gasteiger partial charge in [-0.3, -0.25) is 0 Å². The summed E-state index contributed by atoms with van der Waals surface area (Å²) in [5.74, 6) is 0. The highest BCUT2D eigenvalue weighted by molar-refractivity contribution is 5.35. The van der Waals surface area contributed by atoms with Crippen LogP contribution in [0, 0.1) is 0 Å². The van der Waals surface area contributed by atoms with Crippen molar-refractivity contribution < 1.29 is 10.2 Å². The molecule has 2 nitrogen and oxygen atoms in total. The molecule has 1 saturated carbocycles. The van der Waals surface area contributed by atoms with E-state index in [1.165, 1.54) is 0 Å². The molecule has 1 aromatic carbocycles. The Morgan fingerprint density at radius 1 is 1.33 bits per heavy atom. The molecule has 1 fully saturated rings. The lowest BCUT2D eigenvalue weighted by atomic mass is 9.84. The average molecular weight is 206 g/mol. The zero-order valence-electron chi connectivity index (χ0n) is 9.33. The van der Waals surface area contributed by atoms with Gasteiger partial charge in [-0.15, -0.1) is 0 Å². The van der Waals surface area contributed by atoms with Gasteiger partial charge in [0.2, 0.25) is 0 Å². The first-order valence-corrected chi connectivity index (χ1v) is 5.42. The summed E-state index contributed by atoms with van der Waals surface area (Å²) < 4.78 is 0. The van der Waals surface area contributed by atoms with Crippen molar-refractivity contribution in [1.82, 2.24) is 0 Å². The van der Waals surface area contributed by atoms with E-state index in [4.69, 9.17) is 0 Å². The second kappa shape index (κ2) is 3.32. The fraction of sp³-hybridized carbons (Fsp3) is 0.538. The molecule has 2 heteroatoms. The van der Waals surface area contributed by atoms with E-state index in [-0.39, 0.29) is 12.0 Å². The maximum atomic E-state index is 10.0. The van der Waals surface area contributed by atoms with Crippen LogP contribution in [0.1, 0.15) is 37.8 Å². The summed E-state index contributed by atoms with van der Waals surface area (Å²) in [4.78, 5) is 0. The first kappa shape index (κ1) is 10.7. The minimum Gasteiger partial charge on any atom is -0.395 e. The maximum Gasteiger partial charge on any atom is 0.0899 e. The van der Waals surface area contributed by atoms with E-state index in [0.717, 1.165) is 24.0 Å². The molecule has 1 aliphatic rings. The molecule has 0 radical (unpaired) electrons. The third-order valence-corrected chi connectivity index (χ3v) is 3.30. The van der Waals surface area contributed by atoms with Gasteiger partial charge in [-0.25, -0.2) is 0 Å². The van der Waals surface area contributed by atoms with Gasteiger partial charge in [0.25, 0.3) is 0 Å². The summed E-state index contributed by atoms with van der Waals surface area (Å²) in [5, 5.41) is 19.3. The predicted octanol–water partition coefficient (Wildman–Crippen LogP) is 1.94. The summed E-state index contributed by atoms with van der Waals surface area (Å²) in [6.45, 7) is 4.13. The van der Waals surface area contributed by atoms with Crippen molar-refractivity contribution in [3.63, 3.8) is 0 Å². The van der Waals surface area contributed by atoms with E-state index in [9.17, 15) is 10.2 Å². The zero-order chi connectivity index (χ0) is 11.1. The van der Waals surface area contributed by atoms with Crippen molar-refractivity contribution in [2.75, 3.05) is 6.61 Å². The SMILES string of the molecule is CC(C)(CO)c1cccc(C2(O)CC2)c1. The van der Waals surface area contributed by atoms with Gasteiger partial charge in [0.1, 0.15) is 0 Å². The van der Waals surface area contributed by atoms with Crippen molar-refractivity contribution in [2.45, 2.75) is 37.7 Å². The highest BCUT2D eigenvalue weighted by Crippen LogP contribution is 2.45. The smallest absolute Gasteiger partial charge is 0.0899 e. The molecule has 1 aliphatic carbocycles. The van der Waals surface area contributed by atoms with Crippen molar-refractivity contribution in [1.29, 1.82) is 0 Å². The minimum absolute atomic E-state index is 0.120. The van der Waals surface area contributed by atoms with Crippen molar-refractivity contribution in [3.05, 3.63) is 35.4 Å². The Hall–Kier alpha value is -0.860. The molecule has 0 heterocycles. The van der Waals surface area contributed by atoms with E-state index in [2.05, 4.69) is 0 Å². The van der Waals surface area contributed by atoms with Crippen LogP contribution < -0.4 is 0 Å². The van der Waals surface area contributed by atoms with Gasteiger partial charge >= 0.3 is 0 Å². The van der Waals surface area contributed by atoms with E-state index >= 15 is 0 Å². The van der Waals surface area contributed by atoms with Crippen LogP contribution >= 0.6 is 0 Å². The quantitative estimate of drug-likeness (QED) is 0.793. The normalized spacial score (nSPS) is 18.9. The van der Waals surface area contributed by atoms with E-state index in [1.54, 1.807) is 0 Å². The summed E-state index contributed by atoms with van der Waals surface area (Å²) in [6, 6.07) is 7.94. The van der Waals surface area contributed by atoms with Gasteiger partial charge in [-0.1, -0.05) is 38.1 Å². The molecule has 0 unspecified atom stereocenters. The van der Waals surface area contributed by atoms with Crippen LogP contribution in [0.3, 0.4) is 0 Å². The fourth-order valence-electron chi connectivity index (χ4n) is 1.73. The summed E-state index contributed by atoms with van der Waals surface area (Å²) >= 11 is 0. The largest absolute Gasteiger partial charge is 0.395 e. The van der Waals surface area contributed by atoms with Gasteiger partial charge in [0.15, 0.2) is 0 Å². The van der Waals surface area contributed by atoms with Gasteiger partial charge in [-0.05, 0) is 24.0 Å². The Morgan fingerprint density at radius 3 is 2.53 bits per heavy atom. The van der Waals surface area contributed by atoms with Crippen LogP contribution in [0.5, 0.6) is 0 Å². The molecule has 0 atom stereocenters. The van der Waals surface area contributed by atoms with Gasteiger partial charge < -0.3 is 10.2 Å². The monoisotopic (exact) mass is 206 g/mol. The molecule has 0 aliphatic heterocycles. The molecule has 0 spiro atoms. The van der Waals surface area contributed by atoms with Crippen molar-refractivity contribution >= 4 is 0 Å². The summed E-state index contributed by atoms with van der Waals surface area (Å²) in [6.07, 6.45) is 1.71. The van der Waals surface area contributed by atoms with Gasteiger partial charge in [-0.2, -0.15) is 0 Å². The van der Waals surface area contributed by atoms with E-state index < -0.39 is 5.60 Å².